The molecule has 0 radical (unpaired) electrons. The van der Waals surface area contributed by atoms with Crippen molar-refractivity contribution in [3.63, 3.8) is 0 Å². The second-order valence-corrected chi connectivity index (χ2v) is 10.6. The van der Waals surface area contributed by atoms with Gasteiger partial charge in [0.15, 0.2) is 5.16 Å². The first-order valence-electron chi connectivity index (χ1n) is 10.6. The highest BCUT2D eigenvalue weighted by atomic mass is 32.2. The van der Waals surface area contributed by atoms with Gasteiger partial charge in [0.2, 0.25) is 10.0 Å². The lowest BCUT2D eigenvalue weighted by molar-refractivity contribution is 0.598. The molecule has 0 bridgehead atoms. The van der Waals surface area contributed by atoms with Gasteiger partial charge in [-0.05, 0) is 36.5 Å². The maximum atomic E-state index is 11.4. The summed E-state index contributed by atoms with van der Waals surface area (Å²) in [7, 11) is -3.71. The van der Waals surface area contributed by atoms with Crippen molar-refractivity contribution in [2.24, 2.45) is 11.1 Å². The summed E-state index contributed by atoms with van der Waals surface area (Å²) < 4.78 is 22.9. The molecular weight excluding hydrogens is 454 g/mol. The minimum absolute atomic E-state index is 0.0809. The number of nitrogens with two attached hydrogens (primary N) is 1. The minimum atomic E-state index is -3.71. The molecule has 0 saturated carbocycles. The van der Waals surface area contributed by atoms with Crippen molar-refractivity contribution in [3.05, 3.63) is 65.7 Å². The van der Waals surface area contributed by atoms with Gasteiger partial charge < -0.3 is 5.32 Å². The van der Waals surface area contributed by atoms with Crippen molar-refractivity contribution >= 4 is 27.6 Å². The molecule has 0 amide bonds. The predicted molar refractivity (Wildman–Crippen MR) is 132 cm³/mol. The van der Waals surface area contributed by atoms with Crippen LogP contribution < -0.4 is 10.5 Å². The zero-order valence-corrected chi connectivity index (χ0v) is 20.3. The summed E-state index contributed by atoms with van der Waals surface area (Å²) in [5.41, 5.74) is 2.82. The van der Waals surface area contributed by atoms with Crippen molar-refractivity contribution < 1.29 is 8.42 Å². The predicted octanol–water partition coefficient (Wildman–Crippen LogP) is 4.46. The number of nitrogens with one attached hydrogen (secondary N) is 1. The first-order valence-corrected chi connectivity index (χ1v) is 13.2. The first-order chi connectivity index (χ1) is 15.8. The van der Waals surface area contributed by atoms with Gasteiger partial charge in [0.1, 0.15) is 17.5 Å². The molecule has 33 heavy (non-hydrogen) atoms. The summed E-state index contributed by atoms with van der Waals surface area (Å²) in [6, 6.07) is 18.3. The third-order valence-electron chi connectivity index (χ3n) is 4.93. The average molecular weight is 482 g/mol. The fourth-order valence-electron chi connectivity index (χ4n) is 3.10. The number of hydrogen-bond donors (Lipinski definition) is 2. The van der Waals surface area contributed by atoms with Crippen molar-refractivity contribution in [3.8, 4) is 17.3 Å². The van der Waals surface area contributed by atoms with E-state index in [1.165, 1.54) is 12.1 Å². The van der Waals surface area contributed by atoms with Gasteiger partial charge >= 0.3 is 0 Å². The van der Waals surface area contributed by atoms with E-state index in [4.69, 9.17) is 10.1 Å². The Balaban J connectivity index is 1.82. The van der Waals surface area contributed by atoms with Gasteiger partial charge in [-0.25, -0.2) is 23.5 Å². The SMILES string of the molecule is CC(C)CCSc1nc(NCCc2ccc(S(N)(=O)=O)cc2)c(C#N)c(-c2ccccc2)n1. The van der Waals surface area contributed by atoms with E-state index in [-0.39, 0.29) is 4.90 Å². The molecule has 0 atom stereocenters. The molecule has 0 aliphatic heterocycles. The summed E-state index contributed by atoms with van der Waals surface area (Å²) in [6.45, 7) is 4.88. The van der Waals surface area contributed by atoms with Crippen LogP contribution in [0.25, 0.3) is 11.3 Å². The Morgan fingerprint density at radius 1 is 1.09 bits per heavy atom. The number of nitrogens with zero attached hydrogens (tertiary/aromatic N) is 3. The second kappa shape index (κ2) is 11.3. The summed E-state index contributed by atoms with van der Waals surface area (Å²) in [5.74, 6) is 1.98. The molecule has 3 N–H and O–H groups in total. The molecule has 2 aromatic carbocycles. The molecule has 172 valence electrons. The molecule has 3 rings (SSSR count). The van der Waals surface area contributed by atoms with Crippen LogP contribution in [0.2, 0.25) is 0 Å². The average Bonchev–Trinajstić information content (AvgIpc) is 2.79. The quantitative estimate of drug-likeness (QED) is 0.324. The smallest absolute Gasteiger partial charge is 0.238 e. The lowest BCUT2D eigenvalue weighted by Gasteiger charge is -2.13. The molecule has 1 heterocycles. The summed E-state index contributed by atoms with van der Waals surface area (Å²) in [6.07, 6.45) is 1.67. The van der Waals surface area contributed by atoms with Gasteiger partial charge in [-0.15, -0.1) is 0 Å². The molecule has 0 unspecified atom stereocenters. The van der Waals surface area contributed by atoms with Crippen LogP contribution in [0.3, 0.4) is 0 Å². The van der Waals surface area contributed by atoms with E-state index in [1.807, 2.05) is 30.3 Å². The Morgan fingerprint density at radius 3 is 2.39 bits per heavy atom. The molecule has 1 aromatic heterocycles. The van der Waals surface area contributed by atoms with Crippen molar-refractivity contribution in [2.75, 3.05) is 17.6 Å². The van der Waals surface area contributed by atoms with Crippen LogP contribution in [-0.2, 0) is 16.4 Å². The molecule has 0 fully saturated rings. The van der Waals surface area contributed by atoms with E-state index in [2.05, 4.69) is 30.2 Å². The Labute approximate surface area is 199 Å². The summed E-state index contributed by atoms with van der Waals surface area (Å²) in [4.78, 5) is 9.40. The third-order valence-corrected chi connectivity index (χ3v) is 6.74. The Kier molecular flexibility index (Phi) is 8.44. The molecule has 3 aromatic rings. The van der Waals surface area contributed by atoms with Gasteiger partial charge in [0.05, 0.1) is 10.6 Å². The number of hydrogen-bond acceptors (Lipinski definition) is 7. The molecular formula is C24H27N5O2S2. The molecule has 9 heteroatoms. The van der Waals surface area contributed by atoms with E-state index in [0.717, 1.165) is 23.3 Å². The van der Waals surface area contributed by atoms with Gasteiger partial charge in [0, 0.05) is 17.9 Å². The number of aromatic nitrogens is 2. The Morgan fingerprint density at radius 2 is 1.79 bits per heavy atom. The van der Waals surface area contributed by atoms with Crippen LogP contribution >= 0.6 is 11.8 Å². The van der Waals surface area contributed by atoms with Crippen LogP contribution in [0.1, 0.15) is 31.4 Å². The maximum Gasteiger partial charge on any atom is 0.238 e. The number of sulfonamides is 1. The highest BCUT2D eigenvalue weighted by Gasteiger charge is 2.16. The zero-order chi connectivity index (χ0) is 23.8. The standard InChI is InChI=1S/C24H27N5O2S2/c1-17(2)13-15-32-24-28-22(19-6-4-3-5-7-19)21(16-25)23(29-24)27-14-12-18-8-10-20(11-9-18)33(26,30)31/h3-11,17H,12-15H2,1-2H3,(H2,26,30,31)(H,27,28,29). The van der Waals surface area contributed by atoms with Crippen LogP contribution in [-0.4, -0.2) is 30.7 Å². The topological polar surface area (TPSA) is 122 Å². The maximum absolute atomic E-state index is 11.4. The van der Waals surface area contributed by atoms with Gasteiger partial charge in [-0.3, -0.25) is 0 Å². The van der Waals surface area contributed by atoms with E-state index < -0.39 is 10.0 Å². The number of rotatable bonds is 10. The Bertz CT molecular complexity index is 1220. The van der Waals surface area contributed by atoms with E-state index in [1.54, 1.807) is 23.9 Å². The number of thioether (sulfide) groups is 1. The van der Waals surface area contributed by atoms with Gasteiger partial charge in [-0.2, -0.15) is 5.26 Å². The van der Waals surface area contributed by atoms with Crippen LogP contribution in [0, 0.1) is 17.2 Å². The molecule has 7 nitrogen and oxygen atoms in total. The zero-order valence-electron chi connectivity index (χ0n) is 18.7. The largest absolute Gasteiger partial charge is 0.368 e. The van der Waals surface area contributed by atoms with Crippen molar-refractivity contribution in [1.29, 1.82) is 5.26 Å². The highest BCUT2D eigenvalue weighted by molar-refractivity contribution is 7.99. The van der Waals surface area contributed by atoms with Crippen molar-refractivity contribution in [2.45, 2.75) is 36.7 Å². The lowest BCUT2D eigenvalue weighted by atomic mass is 10.1. The molecule has 0 aliphatic rings. The summed E-state index contributed by atoms with van der Waals surface area (Å²) >= 11 is 1.58. The van der Waals surface area contributed by atoms with E-state index in [9.17, 15) is 13.7 Å². The number of primary sulfonamides is 1. The van der Waals surface area contributed by atoms with Crippen LogP contribution in [0.15, 0.2) is 64.6 Å². The van der Waals surface area contributed by atoms with E-state index in [0.29, 0.717) is 41.1 Å². The fraction of sp³-hybridized carbons (Fsp3) is 0.292. The van der Waals surface area contributed by atoms with Gasteiger partial charge in [-0.1, -0.05) is 68.1 Å². The fourth-order valence-corrected chi connectivity index (χ4v) is 4.70. The normalized spacial score (nSPS) is 11.4. The number of benzene rings is 2. The number of nitriles is 1. The highest BCUT2D eigenvalue weighted by Crippen LogP contribution is 2.29. The monoisotopic (exact) mass is 481 g/mol. The van der Waals surface area contributed by atoms with Gasteiger partial charge in [0.25, 0.3) is 0 Å². The number of anilines is 1. The van der Waals surface area contributed by atoms with Crippen LogP contribution in [0.4, 0.5) is 5.82 Å². The Hall–Kier alpha value is -2.93. The molecule has 0 saturated heterocycles. The first kappa shape index (κ1) is 24.7. The lowest BCUT2D eigenvalue weighted by Crippen LogP contribution is -2.12. The third kappa shape index (κ3) is 7.02. The van der Waals surface area contributed by atoms with E-state index >= 15 is 0 Å². The minimum Gasteiger partial charge on any atom is -0.368 e. The summed E-state index contributed by atoms with van der Waals surface area (Å²) in [5, 5.41) is 18.9. The molecule has 0 spiro atoms. The van der Waals surface area contributed by atoms with Crippen LogP contribution in [0.5, 0.6) is 0 Å². The second-order valence-electron chi connectivity index (χ2n) is 7.95. The van der Waals surface area contributed by atoms with Crippen molar-refractivity contribution in [1.82, 2.24) is 9.97 Å². The molecule has 0 aliphatic carbocycles.